The molecule has 3 aromatic rings. The summed E-state index contributed by atoms with van der Waals surface area (Å²) in [5.41, 5.74) is 4.36. The number of hydrogen-bond donors (Lipinski definition) is 2. The fraction of sp³-hybridized carbons (Fsp3) is 0.273. The second-order valence-corrected chi connectivity index (χ2v) is 7.25. The van der Waals surface area contributed by atoms with E-state index in [2.05, 4.69) is 21.6 Å². The Kier molecular flexibility index (Phi) is 4.96. The van der Waals surface area contributed by atoms with E-state index in [4.69, 9.17) is 4.74 Å². The van der Waals surface area contributed by atoms with Crippen molar-refractivity contribution in [1.82, 2.24) is 10.2 Å². The molecule has 2 N–H and O–H groups in total. The van der Waals surface area contributed by atoms with Gasteiger partial charge in [-0.15, -0.1) is 0 Å². The van der Waals surface area contributed by atoms with Gasteiger partial charge in [-0.1, -0.05) is 6.07 Å². The number of halogens is 1. The van der Waals surface area contributed by atoms with Crippen molar-refractivity contribution in [3.63, 3.8) is 0 Å². The Balaban J connectivity index is 1.78. The van der Waals surface area contributed by atoms with Gasteiger partial charge in [0.1, 0.15) is 11.6 Å². The van der Waals surface area contributed by atoms with Crippen molar-refractivity contribution in [3.8, 4) is 17.0 Å². The minimum Gasteiger partial charge on any atom is -0.494 e. The average Bonchev–Trinajstić information content (AvgIpc) is 3.23. The molecule has 2 aromatic carbocycles. The highest BCUT2D eigenvalue weighted by Gasteiger charge is 2.33. The van der Waals surface area contributed by atoms with Gasteiger partial charge in [0.2, 0.25) is 5.91 Å². The molecular formula is C22H23FN4O2. The van der Waals surface area contributed by atoms with Crippen molar-refractivity contribution in [2.75, 3.05) is 17.3 Å². The molecule has 0 spiro atoms. The Bertz CT molecular complexity index is 1040. The molecular weight excluding hydrogens is 371 g/mol. The first kappa shape index (κ1) is 19.0. The summed E-state index contributed by atoms with van der Waals surface area (Å²) in [5.74, 6) is 0.0918. The van der Waals surface area contributed by atoms with E-state index in [1.165, 1.54) is 19.2 Å². The number of anilines is 2. The highest BCUT2D eigenvalue weighted by Crippen LogP contribution is 2.42. The molecule has 0 aliphatic carbocycles. The molecule has 0 unspecified atom stereocenters. The van der Waals surface area contributed by atoms with E-state index in [1.54, 1.807) is 19.2 Å². The van der Waals surface area contributed by atoms with Crippen LogP contribution in [-0.2, 0) is 4.79 Å². The van der Waals surface area contributed by atoms with Gasteiger partial charge in [-0.05, 0) is 49.2 Å². The smallest absolute Gasteiger partial charge is 0.224 e. The molecule has 2 heterocycles. The predicted octanol–water partition coefficient (Wildman–Crippen LogP) is 4.52. The number of nitrogens with one attached hydrogen (secondary N) is 2. The van der Waals surface area contributed by atoms with Crippen LogP contribution in [0.15, 0.2) is 48.7 Å². The summed E-state index contributed by atoms with van der Waals surface area (Å²) in [6.45, 7) is 3.61. The molecule has 0 radical (unpaired) electrons. The third-order valence-corrected chi connectivity index (χ3v) is 5.31. The van der Waals surface area contributed by atoms with E-state index in [0.29, 0.717) is 17.9 Å². The number of carbonyl (C=O) groups is 1. The Labute approximate surface area is 168 Å². The van der Waals surface area contributed by atoms with Crippen molar-refractivity contribution >= 4 is 17.3 Å². The van der Waals surface area contributed by atoms with E-state index in [0.717, 1.165) is 22.5 Å². The van der Waals surface area contributed by atoms with E-state index in [1.807, 2.05) is 30.0 Å². The fourth-order valence-corrected chi connectivity index (χ4v) is 4.03. The van der Waals surface area contributed by atoms with Crippen LogP contribution in [0, 0.1) is 5.82 Å². The van der Waals surface area contributed by atoms with Crippen LogP contribution < -0.4 is 15.0 Å². The standard InChI is InChI=1S/C22H23FN4O2/c1-13-10-20(25-19-6-5-16(23)12-22(19)29-3)17-11-15(18-8-9-24-26-18)4-7-21(17)27(13)14(2)28/h4-9,11-13,20,25H,10H2,1-3H3,(H,24,26)/t13-,20+/m0/s1. The maximum Gasteiger partial charge on any atom is 0.224 e. The first-order valence-electron chi connectivity index (χ1n) is 9.52. The van der Waals surface area contributed by atoms with Crippen molar-refractivity contribution in [1.29, 1.82) is 0 Å². The van der Waals surface area contributed by atoms with Gasteiger partial charge in [0.25, 0.3) is 0 Å². The second-order valence-electron chi connectivity index (χ2n) is 7.25. The molecule has 0 bridgehead atoms. The number of hydrogen-bond acceptors (Lipinski definition) is 4. The SMILES string of the molecule is COc1cc(F)ccc1N[C@@H]1C[C@H](C)N(C(C)=O)c2ccc(-c3cc[nH]n3)cc21. The van der Waals surface area contributed by atoms with Gasteiger partial charge >= 0.3 is 0 Å². The van der Waals surface area contributed by atoms with Crippen LogP contribution in [0.25, 0.3) is 11.3 Å². The molecule has 1 amide bonds. The number of carbonyl (C=O) groups excluding carboxylic acids is 1. The van der Waals surface area contributed by atoms with E-state index >= 15 is 0 Å². The first-order valence-corrected chi connectivity index (χ1v) is 9.52. The summed E-state index contributed by atoms with van der Waals surface area (Å²) in [5, 5.41) is 10.6. The first-order chi connectivity index (χ1) is 14.0. The number of H-pyrrole nitrogens is 1. The molecule has 0 saturated heterocycles. The van der Waals surface area contributed by atoms with Gasteiger partial charge in [0.15, 0.2) is 0 Å². The Morgan fingerprint density at radius 2 is 2.10 bits per heavy atom. The van der Waals surface area contributed by atoms with Crippen molar-refractivity contribution in [3.05, 3.63) is 60.0 Å². The van der Waals surface area contributed by atoms with E-state index in [-0.39, 0.29) is 23.8 Å². The summed E-state index contributed by atoms with van der Waals surface area (Å²) in [4.78, 5) is 14.1. The van der Waals surface area contributed by atoms with Gasteiger partial charge in [-0.25, -0.2) is 4.39 Å². The minimum atomic E-state index is -0.353. The van der Waals surface area contributed by atoms with Crippen LogP contribution in [0.5, 0.6) is 5.75 Å². The normalized spacial score (nSPS) is 18.3. The summed E-state index contributed by atoms with van der Waals surface area (Å²) in [7, 11) is 1.52. The highest BCUT2D eigenvalue weighted by molar-refractivity contribution is 5.94. The third-order valence-electron chi connectivity index (χ3n) is 5.31. The largest absolute Gasteiger partial charge is 0.494 e. The second kappa shape index (κ2) is 7.58. The van der Waals surface area contributed by atoms with Gasteiger partial charge in [0, 0.05) is 36.5 Å². The Morgan fingerprint density at radius 1 is 1.28 bits per heavy atom. The molecule has 150 valence electrons. The highest BCUT2D eigenvalue weighted by atomic mass is 19.1. The predicted molar refractivity (Wildman–Crippen MR) is 111 cm³/mol. The number of benzene rings is 2. The number of rotatable bonds is 4. The zero-order valence-electron chi connectivity index (χ0n) is 16.6. The van der Waals surface area contributed by atoms with Crippen LogP contribution >= 0.6 is 0 Å². The van der Waals surface area contributed by atoms with Gasteiger partial charge in [-0.3, -0.25) is 9.89 Å². The molecule has 7 heteroatoms. The number of ether oxygens (including phenoxy) is 1. The third kappa shape index (κ3) is 3.55. The Hall–Kier alpha value is -3.35. The van der Waals surface area contributed by atoms with Crippen LogP contribution in [0.4, 0.5) is 15.8 Å². The van der Waals surface area contributed by atoms with Crippen molar-refractivity contribution < 1.29 is 13.9 Å². The van der Waals surface area contributed by atoms with Gasteiger partial charge in [0.05, 0.1) is 24.5 Å². The molecule has 0 fully saturated rings. The maximum absolute atomic E-state index is 13.6. The van der Waals surface area contributed by atoms with E-state index in [9.17, 15) is 9.18 Å². The average molecular weight is 394 g/mol. The molecule has 6 nitrogen and oxygen atoms in total. The van der Waals surface area contributed by atoms with Crippen LogP contribution in [0.1, 0.15) is 31.9 Å². The van der Waals surface area contributed by atoms with Gasteiger partial charge < -0.3 is 15.0 Å². The molecule has 2 atom stereocenters. The molecule has 0 saturated carbocycles. The lowest BCUT2D eigenvalue weighted by molar-refractivity contribution is -0.117. The fourth-order valence-electron chi connectivity index (χ4n) is 4.03. The molecule has 1 aliphatic heterocycles. The minimum absolute atomic E-state index is 0.00378. The number of fused-ring (bicyclic) bond motifs is 1. The number of methoxy groups -OCH3 is 1. The maximum atomic E-state index is 13.6. The molecule has 29 heavy (non-hydrogen) atoms. The van der Waals surface area contributed by atoms with Crippen molar-refractivity contribution in [2.24, 2.45) is 0 Å². The van der Waals surface area contributed by atoms with Crippen LogP contribution in [-0.4, -0.2) is 29.3 Å². The number of amides is 1. The lowest BCUT2D eigenvalue weighted by Gasteiger charge is -2.39. The lowest BCUT2D eigenvalue weighted by atomic mass is 9.89. The zero-order chi connectivity index (χ0) is 20.5. The summed E-state index contributed by atoms with van der Waals surface area (Å²) in [6, 6.07) is 12.3. The van der Waals surface area contributed by atoms with Crippen LogP contribution in [0.2, 0.25) is 0 Å². The quantitative estimate of drug-likeness (QED) is 0.682. The zero-order valence-corrected chi connectivity index (χ0v) is 16.6. The molecule has 1 aromatic heterocycles. The summed E-state index contributed by atoms with van der Waals surface area (Å²) >= 11 is 0. The van der Waals surface area contributed by atoms with Crippen molar-refractivity contribution in [2.45, 2.75) is 32.4 Å². The summed E-state index contributed by atoms with van der Waals surface area (Å²) < 4.78 is 18.9. The Morgan fingerprint density at radius 3 is 2.79 bits per heavy atom. The topological polar surface area (TPSA) is 70.2 Å². The summed E-state index contributed by atoms with van der Waals surface area (Å²) in [6.07, 6.45) is 2.48. The molecule has 1 aliphatic rings. The molecule has 4 rings (SSSR count). The number of aromatic nitrogens is 2. The monoisotopic (exact) mass is 394 g/mol. The lowest BCUT2D eigenvalue weighted by Crippen LogP contribution is -2.43. The van der Waals surface area contributed by atoms with Gasteiger partial charge in [-0.2, -0.15) is 5.10 Å². The van der Waals surface area contributed by atoms with Crippen LogP contribution in [0.3, 0.4) is 0 Å². The number of nitrogens with zero attached hydrogens (tertiary/aromatic N) is 2. The van der Waals surface area contributed by atoms with E-state index < -0.39 is 0 Å². The number of aromatic amines is 1.